The van der Waals surface area contributed by atoms with E-state index in [2.05, 4.69) is 15.6 Å². The summed E-state index contributed by atoms with van der Waals surface area (Å²) in [6.45, 7) is 2.26. The Kier molecular flexibility index (Phi) is 7.11. The SMILES string of the molecule is CNCC(=O)Nc1ncc(Cc2cccc(C)c2Cl)s1.Cl. The molecule has 1 aromatic heterocycles. The highest BCUT2D eigenvalue weighted by molar-refractivity contribution is 7.15. The van der Waals surface area contributed by atoms with Crippen molar-refractivity contribution in [3.8, 4) is 0 Å². The molecule has 114 valence electrons. The number of thiazole rings is 1. The van der Waals surface area contributed by atoms with E-state index in [1.807, 2.05) is 25.1 Å². The molecule has 1 aromatic carbocycles. The normalized spacial score (nSPS) is 10.0. The van der Waals surface area contributed by atoms with Gasteiger partial charge in [-0.2, -0.15) is 0 Å². The largest absolute Gasteiger partial charge is 0.311 e. The maximum Gasteiger partial charge on any atom is 0.240 e. The van der Waals surface area contributed by atoms with Gasteiger partial charge in [-0.3, -0.25) is 4.79 Å². The van der Waals surface area contributed by atoms with Crippen LogP contribution in [0.1, 0.15) is 16.0 Å². The molecule has 7 heteroatoms. The van der Waals surface area contributed by atoms with Gasteiger partial charge in [0.1, 0.15) is 0 Å². The van der Waals surface area contributed by atoms with Crippen LogP contribution in [0, 0.1) is 6.92 Å². The van der Waals surface area contributed by atoms with E-state index in [1.165, 1.54) is 11.3 Å². The van der Waals surface area contributed by atoms with E-state index in [4.69, 9.17) is 11.6 Å². The smallest absolute Gasteiger partial charge is 0.240 e. The Morgan fingerprint density at radius 2 is 2.19 bits per heavy atom. The van der Waals surface area contributed by atoms with E-state index in [-0.39, 0.29) is 24.9 Å². The van der Waals surface area contributed by atoms with Crippen LogP contribution in [0.3, 0.4) is 0 Å². The molecule has 0 fully saturated rings. The second kappa shape index (κ2) is 8.34. The maximum atomic E-state index is 11.5. The number of nitrogens with one attached hydrogen (secondary N) is 2. The topological polar surface area (TPSA) is 54.0 Å². The van der Waals surface area contributed by atoms with Gasteiger partial charge in [-0.15, -0.1) is 23.7 Å². The molecule has 21 heavy (non-hydrogen) atoms. The molecule has 0 spiro atoms. The first kappa shape index (κ1) is 17.9. The highest BCUT2D eigenvalue weighted by atomic mass is 35.5. The number of aryl methyl sites for hydroxylation is 1. The first-order chi connectivity index (χ1) is 9.60. The monoisotopic (exact) mass is 345 g/mol. The number of nitrogens with zero attached hydrogens (tertiary/aromatic N) is 1. The molecule has 0 aliphatic rings. The van der Waals surface area contributed by atoms with Crippen LogP contribution in [0.5, 0.6) is 0 Å². The van der Waals surface area contributed by atoms with E-state index >= 15 is 0 Å². The molecule has 0 radical (unpaired) electrons. The maximum absolute atomic E-state index is 11.5. The highest BCUT2D eigenvalue weighted by Crippen LogP contribution is 2.26. The lowest BCUT2D eigenvalue weighted by atomic mass is 10.1. The van der Waals surface area contributed by atoms with Crippen molar-refractivity contribution in [3.05, 3.63) is 45.4 Å². The third-order valence-corrected chi connectivity index (χ3v) is 4.23. The number of likely N-dealkylation sites (N-methyl/N-ethyl adjacent to an activating group) is 1. The molecular formula is C14H17Cl2N3OS. The van der Waals surface area contributed by atoms with Crippen molar-refractivity contribution in [3.63, 3.8) is 0 Å². The number of halogens is 2. The standard InChI is InChI=1S/C14H16ClN3OS.ClH/c1-9-4-3-5-10(13(9)15)6-11-7-17-14(20-11)18-12(19)8-16-2;/h3-5,7,16H,6,8H2,1-2H3,(H,17,18,19);1H. The van der Waals surface area contributed by atoms with Crippen molar-refractivity contribution >= 4 is 46.4 Å². The minimum absolute atomic E-state index is 0. The molecule has 2 aromatic rings. The Bertz CT molecular complexity index is 616. The van der Waals surface area contributed by atoms with E-state index in [9.17, 15) is 4.79 Å². The molecule has 1 amide bonds. The summed E-state index contributed by atoms with van der Waals surface area (Å²) in [5.74, 6) is -0.0954. The van der Waals surface area contributed by atoms with Crippen LogP contribution in [0.15, 0.2) is 24.4 Å². The molecule has 2 rings (SSSR count). The predicted molar refractivity (Wildman–Crippen MR) is 90.9 cm³/mol. The zero-order valence-electron chi connectivity index (χ0n) is 11.8. The Hall–Kier alpha value is -1.14. The summed E-state index contributed by atoms with van der Waals surface area (Å²) in [7, 11) is 1.73. The molecule has 0 atom stereocenters. The number of carbonyl (C=O) groups is 1. The molecule has 0 aliphatic heterocycles. The zero-order chi connectivity index (χ0) is 14.5. The molecule has 0 bridgehead atoms. The van der Waals surface area contributed by atoms with Gasteiger partial charge in [0.2, 0.25) is 5.91 Å². The zero-order valence-corrected chi connectivity index (χ0v) is 14.2. The van der Waals surface area contributed by atoms with Gasteiger partial charge in [-0.05, 0) is 25.1 Å². The first-order valence-corrected chi connectivity index (χ1v) is 7.42. The average molecular weight is 346 g/mol. The number of rotatable bonds is 5. The fraction of sp³-hybridized carbons (Fsp3) is 0.286. The van der Waals surface area contributed by atoms with Crippen LogP contribution in [0.2, 0.25) is 5.02 Å². The van der Waals surface area contributed by atoms with Gasteiger partial charge in [0.05, 0.1) is 6.54 Å². The van der Waals surface area contributed by atoms with Crippen molar-refractivity contribution in [1.82, 2.24) is 10.3 Å². The molecule has 0 aliphatic carbocycles. The van der Waals surface area contributed by atoms with Gasteiger partial charge >= 0.3 is 0 Å². The summed E-state index contributed by atoms with van der Waals surface area (Å²) in [6, 6.07) is 5.99. The van der Waals surface area contributed by atoms with Crippen molar-refractivity contribution in [2.45, 2.75) is 13.3 Å². The lowest BCUT2D eigenvalue weighted by Gasteiger charge is -2.04. The van der Waals surface area contributed by atoms with Crippen molar-refractivity contribution in [1.29, 1.82) is 0 Å². The number of aromatic nitrogens is 1. The summed E-state index contributed by atoms with van der Waals surface area (Å²) < 4.78 is 0. The third kappa shape index (κ3) is 4.97. The van der Waals surface area contributed by atoms with Crippen LogP contribution >= 0.6 is 35.3 Å². The fourth-order valence-electron chi connectivity index (χ4n) is 1.80. The van der Waals surface area contributed by atoms with Crippen molar-refractivity contribution in [2.75, 3.05) is 18.9 Å². The quantitative estimate of drug-likeness (QED) is 0.874. The molecular weight excluding hydrogens is 329 g/mol. The molecule has 2 N–H and O–H groups in total. The molecule has 4 nitrogen and oxygen atoms in total. The number of carbonyl (C=O) groups excluding carboxylic acids is 1. The Morgan fingerprint density at radius 1 is 1.43 bits per heavy atom. The molecule has 0 saturated carbocycles. The Balaban J connectivity index is 0.00000220. The fourth-order valence-corrected chi connectivity index (χ4v) is 2.85. The van der Waals surface area contributed by atoms with Crippen LogP contribution in [0.4, 0.5) is 5.13 Å². The second-order valence-corrected chi connectivity index (χ2v) is 5.93. The summed E-state index contributed by atoms with van der Waals surface area (Å²) in [5.41, 5.74) is 2.14. The van der Waals surface area contributed by atoms with Gasteiger partial charge in [-0.1, -0.05) is 29.8 Å². The lowest BCUT2D eigenvalue weighted by Crippen LogP contribution is -2.24. The van der Waals surface area contributed by atoms with E-state index < -0.39 is 0 Å². The van der Waals surface area contributed by atoms with Gasteiger partial charge in [0, 0.05) is 22.5 Å². The van der Waals surface area contributed by atoms with Crippen LogP contribution in [-0.2, 0) is 11.2 Å². The van der Waals surface area contributed by atoms with E-state index in [0.29, 0.717) is 5.13 Å². The summed E-state index contributed by atoms with van der Waals surface area (Å²) in [4.78, 5) is 16.7. The Labute approximate surface area is 139 Å². The van der Waals surface area contributed by atoms with E-state index in [1.54, 1.807) is 13.2 Å². The number of amides is 1. The third-order valence-electron chi connectivity index (χ3n) is 2.77. The van der Waals surface area contributed by atoms with Crippen LogP contribution in [-0.4, -0.2) is 24.5 Å². The molecule has 0 unspecified atom stereocenters. The van der Waals surface area contributed by atoms with Crippen molar-refractivity contribution < 1.29 is 4.79 Å². The van der Waals surface area contributed by atoms with Gasteiger partial charge in [0.15, 0.2) is 5.13 Å². The summed E-state index contributed by atoms with van der Waals surface area (Å²) in [5, 5.41) is 6.95. The van der Waals surface area contributed by atoms with E-state index in [0.717, 1.165) is 27.4 Å². The number of hydrogen-bond donors (Lipinski definition) is 2. The molecule has 1 heterocycles. The first-order valence-electron chi connectivity index (χ1n) is 6.23. The van der Waals surface area contributed by atoms with Gasteiger partial charge < -0.3 is 10.6 Å². The Morgan fingerprint density at radius 3 is 2.90 bits per heavy atom. The second-order valence-electron chi connectivity index (χ2n) is 4.44. The highest BCUT2D eigenvalue weighted by Gasteiger charge is 2.09. The minimum Gasteiger partial charge on any atom is -0.311 e. The minimum atomic E-state index is -0.0954. The van der Waals surface area contributed by atoms with Crippen LogP contribution in [0.25, 0.3) is 0 Å². The number of anilines is 1. The predicted octanol–water partition coefficient (Wildman–Crippen LogP) is 3.28. The van der Waals surface area contributed by atoms with Crippen molar-refractivity contribution in [2.24, 2.45) is 0 Å². The number of hydrogen-bond acceptors (Lipinski definition) is 4. The summed E-state index contributed by atoms with van der Waals surface area (Å²) in [6.07, 6.45) is 2.50. The average Bonchev–Trinajstić information content (AvgIpc) is 2.82. The molecule has 0 saturated heterocycles. The number of benzene rings is 1. The summed E-state index contributed by atoms with van der Waals surface area (Å²) >= 11 is 7.75. The van der Waals surface area contributed by atoms with Crippen LogP contribution < -0.4 is 10.6 Å². The van der Waals surface area contributed by atoms with Gasteiger partial charge in [-0.25, -0.2) is 4.98 Å². The van der Waals surface area contributed by atoms with Gasteiger partial charge in [0.25, 0.3) is 0 Å². The lowest BCUT2D eigenvalue weighted by molar-refractivity contribution is -0.115.